The maximum atomic E-state index is 14.6. The van der Waals surface area contributed by atoms with E-state index < -0.39 is 0 Å². The van der Waals surface area contributed by atoms with Crippen molar-refractivity contribution in [1.82, 2.24) is 19.8 Å². The van der Waals surface area contributed by atoms with E-state index in [-0.39, 0.29) is 23.9 Å². The number of benzene rings is 4. The molecule has 3 heterocycles. The molecule has 2 amide bonds. The zero-order chi connectivity index (χ0) is 33.7. The van der Waals surface area contributed by atoms with Gasteiger partial charge in [0.15, 0.2) is 0 Å². The van der Waals surface area contributed by atoms with Crippen LogP contribution in [0.1, 0.15) is 56.8 Å². The predicted molar refractivity (Wildman–Crippen MR) is 194 cm³/mol. The van der Waals surface area contributed by atoms with Gasteiger partial charge in [0.25, 0.3) is 11.8 Å². The minimum Gasteiger partial charge on any atom is -0.332 e. The van der Waals surface area contributed by atoms with Gasteiger partial charge in [-0.15, -0.1) is 0 Å². The fourth-order valence-corrected chi connectivity index (χ4v) is 7.13. The topological polar surface area (TPSA) is 66.4 Å². The van der Waals surface area contributed by atoms with Crippen LogP contribution in [0, 0.1) is 27.7 Å². The molecular weight excluding hydrogens is 592 g/mol. The Morgan fingerprint density at radius 3 is 1.27 bits per heavy atom. The third kappa shape index (κ3) is 5.41. The number of aromatic nitrogens is 2. The number of carbonyl (C=O) groups excluding carboxylic acids is 2. The molecule has 6 nitrogen and oxygen atoms in total. The van der Waals surface area contributed by atoms with Crippen molar-refractivity contribution in [3.05, 3.63) is 130 Å². The van der Waals surface area contributed by atoms with Gasteiger partial charge in [0, 0.05) is 47.1 Å². The van der Waals surface area contributed by atoms with Crippen LogP contribution in [0.3, 0.4) is 0 Å². The summed E-state index contributed by atoms with van der Waals surface area (Å²) < 4.78 is 0. The maximum absolute atomic E-state index is 14.6. The fourth-order valence-electron chi connectivity index (χ4n) is 7.13. The second kappa shape index (κ2) is 12.3. The molecule has 0 N–H and O–H groups in total. The molecule has 7 rings (SSSR count). The summed E-state index contributed by atoms with van der Waals surface area (Å²) in [6.07, 6.45) is 0. The average Bonchev–Trinajstić information content (AvgIpc) is 3.09. The first-order valence-electron chi connectivity index (χ1n) is 16.7. The lowest BCUT2D eigenvalue weighted by molar-refractivity contribution is 0.0271. The highest BCUT2D eigenvalue weighted by Gasteiger charge is 2.37. The molecule has 1 fully saturated rings. The fraction of sp³-hybridized carbons (Fsp3) is 0.238. The summed E-state index contributed by atoms with van der Waals surface area (Å²) in [6.45, 7) is 13.1. The number of aryl methyl sites for hydroxylation is 2. The number of hydrogen-bond donors (Lipinski definition) is 0. The third-order valence-corrected chi connectivity index (χ3v) is 9.86. The normalized spacial score (nSPS) is 16.5. The summed E-state index contributed by atoms with van der Waals surface area (Å²) >= 11 is 0. The maximum Gasteiger partial charge on any atom is 0.255 e. The van der Waals surface area contributed by atoms with Crippen LogP contribution in [0.15, 0.2) is 97.1 Å². The van der Waals surface area contributed by atoms with Crippen molar-refractivity contribution in [3.8, 4) is 22.5 Å². The Bertz CT molecular complexity index is 2050. The minimum absolute atomic E-state index is 0.0295. The summed E-state index contributed by atoms with van der Waals surface area (Å²) in [4.78, 5) is 43.1. The molecule has 2 aromatic heterocycles. The van der Waals surface area contributed by atoms with Gasteiger partial charge in [-0.25, -0.2) is 9.97 Å². The SMILES string of the molecule is Cc1ccc(-c2nc3ccccc3c(C(=O)N3CC(C)N(C(=O)c4c(C)c(-c5ccc(C)cc5)nc5ccccc45)CC3C)c2C)cc1. The predicted octanol–water partition coefficient (Wildman–Crippen LogP) is 8.73. The lowest BCUT2D eigenvalue weighted by Gasteiger charge is -2.44. The second-order valence-electron chi connectivity index (χ2n) is 13.3. The summed E-state index contributed by atoms with van der Waals surface area (Å²) in [5, 5.41) is 1.69. The van der Waals surface area contributed by atoms with E-state index in [4.69, 9.17) is 9.97 Å². The van der Waals surface area contributed by atoms with Gasteiger partial charge in [-0.2, -0.15) is 0 Å². The Kier molecular flexibility index (Phi) is 8.04. The van der Waals surface area contributed by atoms with Crippen molar-refractivity contribution < 1.29 is 9.59 Å². The lowest BCUT2D eigenvalue weighted by Crippen LogP contribution is -2.59. The van der Waals surface area contributed by atoms with Gasteiger partial charge in [0.1, 0.15) is 0 Å². The lowest BCUT2D eigenvalue weighted by atomic mass is 9.94. The van der Waals surface area contributed by atoms with E-state index in [1.165, 1.54) is 11.1 Å². The molecule has 6 aromatic rings. The van der Waals surface area contributed by atoms with Gasteiger partial charge >= 0.3 is 0 Å². The number of hydrogen-bond acceptors (Lipinski definition) is 4. The molecule has 0 saturated carbocycles. The van der Waals surface area contributed by atoms with Crippen LogP contribution in [0.4, 0.5) is 0 Å². The molecule has 4 aromatic carbocycles. The van der Waals surface area contributed by atoms with Crippen LogP contribution in [0.25, 0.3) is 44.3 Å². The van der Waals surface area contributed by atoms with E-state index in [1.807, 2.05) is 86.0 Å². The summed E-state index contributed by atoms with van der Waals surface area (Å²) in [5.74, 6) is -0.0591. The smallest absolute Gasteiger partial charge is 0.255 e. The van der Waals surface area contributed by atoms with Gasteiger partial charge in [-0.05, 0) is 64.8 Å². The number of rotatable bonds is 4. The van der Waals surface area contributed by atoms with Crippen LogP contribution in [-0.2, 0) is 0 Å². The molecule has 1 aliphatic rings. The van der Waals surface area contributed by atoms with Crippen molar-refractivity contribution in [1.29, 1.82) is 0 Å². The number of piperazine rings is 1. The van der Waals surface area contributed by atoms with Crippen molar-refractivity contribution >= 4 is 33.6 Å². The van der Waals surface area contributed by atoms with Crippen molar-refractivity contribution in [3.63, 3.8) is 0 Å². The number of amides is 2. The van der Waals surface area contributed by atoms with Crippen molar-refractivity contribution in [2.75, 3.05) is 13.1 Å². The zero-order valence-electron chi connectivity index (χ0n) is 28.4. The number of para-hydroxylation sites is 2. The molecule has 1 saturated heterocycles. The molecule has 6 heteroatoms. The largest absolute Gasteiger partial charge is 0.332 e. The van der Waals surface area contributed by atoms with Crippen LogP contribution >= 0.6 is 0 Å². The second-order valence-corrected chi connectivity index (χ2v) is 13.3. The van der Waals surface area contributed by atoms with Crippen LogP contribution in [-0.4, -0.2) is 56.8 Å². The zero-order valence-corrected chi connectivity index (χ0v) is 28.4. The first kappa shape index (κ1) is 31.3. The van der Waals surface area contributed by atoms with Gasteiger partial charge in [0.2, 0.25) is 0 Å². The summed E-state index contributed by atoms with van der Waals surface area (Å²) in [5.41, 5.74) is 10.6. The van der Waals surface area contributed by atoms with Crippen molar-refractivity contribution in [2.24, 2.45) is 0 Å². The van der Waals surface area contributed by atoms with Gasteiger partial charge in [-0.1, -0.05) is 96.1 Å². The number of carbonyl (C=O) groups is 2. The summed E-state index contributed by atoms with van der Waals surface area (Å²) in [7, 11) is 0. The van der Waals surface area contributed by atoms with Crippen LogP contribution in [0.2, 0.25) is 0 Å². The van der Waals surface area contributed by atoms with Crippen LogP contribution < -0.4 is 0 Å². The highest BCUT2D eigenvalue weighted by atomic mass is 16.2. The minimum atomic E-state index is -0.197. The quantitative estimate of drug-likeness (QED) is 0.195. The number of pyridine rings is 2. The molecule has 240 valence electrons. The highest BCUT2D eigenvalue weighted by Crippen LogP contribution is 2.34. The molecule has 0 radical (unpaired) electrons. The monoisotopic (exact) mass is 632 g/mol. The Labute approximate surface area is 282 Å². The van der Waals surface area contributed by atoms with Gasteiger partial charge in [0.05, 0.1) is 33.5 Å². The van der Waals surface area contributed by atoms with E-state index in [9.17, 15) is 9.59 Å². The molecule has 48 heavy (non-hydrogen) atoms. The molecule has 0 spiro atoms. The van der Waals surface area contributed by atoms with Crippen LogP contribution in [0.5, 0.6) is 0 Å². The molecule has 0 aliphatic carbocycles. The molecule has 2 atom stereocenters. The summed E-state index contributed by atoms with van der Waals surface area (Å²) in [6, 6.07) is 31.9. The van der Waals surface area contributed by atoms with E-state index in [1.54, 1.807) is 0 Å². The van der Waals surface area contributed by atoms with Gasteiger partial charge < -0.3 is 9.80 Å². The van der Waals surface area contributed by atoms with E-state index >= 15 is 0 Å². The molecular formula is C42H40N4O2. The molecule has 0 bridgehead atoms. The van der Waals surface area contributed by atoms with E-state index in [0.717, 1.165) is 55.4 Å². The molecule has 2 unspecified atom stereocenters. The number of nitrogens with zero attached hydrogens (tertiary/aromatic N) is 4. The highest BCUT2D eigenvalue weighted by molar-refractivity contribution is 6.10. The van der Waals surface area contributed by atoms with E-state index in [0.29, 0.717) is 24.2 Å². The Hall–Kier alpha value is -5.36. The molecule has 1 aliphatic heterocycles. The van der Waals surface area contributed by atoms with E-state index in [2.05, 4.69) is 62.4 Å². The Balaban J connectivity index is 1.24. The first-order valence-corrected chi connectivity index (χ1v) is 16.7. The average molecular weight is 633 g/mol. The Morgan fingerprint density at radius 1 is 0.542 bits per heavy atom. The van der Waals surface area contributed by atoms with Crippen molar-refractivity contribution in [2.45, 2.75) is 53.6 Å². The van der Waals surface area contributed by atoms with Gasteiger partial charge in [-0.3, -0.25) is 9.59 Å². The standard InChI is InChI=1S/C42H40N4O2/c1-25-15-19-31(20-16-25)39-29(5)37(33-11-7-9-13-35(33)43-39)41(47)45-23-28(4)46(24-27(45)3)42(48)38-30(6)40(32-21-17-26(2)18-22-32)44-36-14-10-8-12-34(36)38/h7-22,27-28H,23-24H2,1-6H3. The number of fused-ring (bicyclic) bond motifs is 2. The Morgan fingerprint density at radius 2 is 0.896 bits per heavy atom. The third-order valence-electron chi connectivity index (χ3n) is 9.86. The first-order chi connectivity index (χ1) is 23.1.